The van der Waals surface area contributed by atoms with E-state index in [1.54, 1.807) is 18.5 Å². The van der Waals surface area contributed by atoms with Gasteiger partial charge in [0.25, 0.3) is 5.95 Å². The van der Waals surface area contributed by atoms with E-state index in [9.17, 15) is 5.11 Å². The summed E-state index contributed by atoms with van der Waals surface area (Å²) in [7, 11) is 0. The molecule has 0 amide bonds. The first-order chi connectivity index (χ1) is 9.22. The minimum Gasteiger partial charge on any atom is -0.391 e. The first-order valence-electron chi connectivity index (χ1n) is 6.06. The molecule has 1 atom stereocenters. The highest BCUT2D eigenvalue weighted by atomic mass is 35.5. The van der Waals surface area contributed by atoms with Gasteiger partial charge in [0.05, 0.1) is 6.10 Å². The molecule has 1 aliphatic carbocycles. The number of nitrogens with zero attached hydrogens (tertiary/aromatic N) is 5. The molecule has 100 valence electrons. The number of anilines is 1. The van der Waals surface area contributed by atoms with Crippen LogP contribution in [0.5, 0.6) is 0 Å². The Morgan fingerprint density at radius 3 is 2.95 bits per heavy atom. The molecule has 2 aromatic rings. The van der Waals surface area contributed by atoms with Crippen LogP contribution in [0.2, 0.25) is 5.28 Å². The standard InChI is InChI=1S/C11H13ClN6O/c12-9-15-10(13-6-8(19)7-2-3-7)17-11(16-9)18-5-1-4-14-18/h1,4-5,7-8,19H,2-3,6H2,(H,13,15,16,17). The zero-order valence-corrected chi connectivity index (χ0v) is 10.8. The summed E-state index contributed by atoms with van der Waals surface area (Å²) < 4.78 is 1.50. The molecule has 2 N–H and O–H groups in total. The molecule has 1 fully saturated rings. The van der Waals surface area contributed by atoms with E-state index in [1.165, 1.54) is 4.68 Å². The first-order valence-corrected chi connectivity index (χ1v) is 6.44. The molecule has 2 aromatic heterocycles. The number of aliphatic hydroxyl groups is 1. The minimum absolute atomic E-state index is 0.0870. The van der Waals surface area contributed by atoms with Gasteiger partial charge in [-0.05, 0) is 36.4 Å². The van der Waals surface area contributed by atoms with E-state index in [0.717, 1.165) is 12.8 Å². The van der Waals surface area contributed by atoms with Crippen LogP contribution in [0.1, 0.15) is 12.8 Å². The molecule has 3 rings (SSSR count). The van der Waals surface area contributed by atoms with E-state index in [4.69, 9.17) is 11.6 Å². The zero-order valence-electron chi connectivity index (χ0n) is 10.1. The van der Waals surface area contributed by atoms with Crippen LogP contribution < -0.4 is 5.32 Å². The summed E-state index contributed by atoms with van der Waals surface area (Å²) in [6.45, 7) is 0.406. The highest BCUT2D eigenvalue weighted by Gasteiger charge is 2.29. The number of rotatable bonds is 5. The van der Waals surface area contributed by atoms with E-state index < -0.39 is 0 Å². The molecule has 0 bridgehead atoms. The summed E-state index contributed by atoms with van der Waals surface area (Å²) in [5, 5.41) is 16.9. The Kier molecular flexibility index (Phi) is 3.31. The largest absolute Gasteiger partial charge is 0.391 e. The van der Waals surface area contributed by atoms with Crippen LogP contribution in [0.15, 0.2) is 18.5 Å². The average Bonchev–Trinajstić information content (AvgIpc) is 3.10. The summed E-state index contributed by atoms with van der Waals surface area (Å²) >= 11 is 5.85. The van der Waals surface area contributed by atoms with Crippen LogP contribution in [0.25, 0.3) is 5.95 Å². The molecule has 0 radical (unpaired) electrons. The average molecular weight is 281 g/mol. The van der Waals surface area contributed by atoms with Crippen LogP contribution in [0.3, 0.4) is 0 Å². The molecule has 1 saturated carbocycles. The van der Waals surface area contributed by atoms with Crippen molar-refractivity contribution < 1.29 is 5.11 Å². The van der Waals surface area contributed by atoms with Gasteiger partial charge in [-0.1, -0.05) is 0 Å². The zero-order chi connectivity index (χ0) is 13.2. The maximum atomic E-state index is 9.79. The Hall–Kier alpha value is -1.73. The molecule has 19 heavy (non-hydrogen) atoms. The van der Waals surface area contributed by atoms with Crippen molar-refractivity contribution in [3.8, 4) is 5.95 Å². The van der Waals surface area contributed by atoms with Gasteiger partial charge in [-0.3, -0.25) is 0 Å². The number of hydrogen-bond acceptors (Lipinski definition) is 6. The van der Waals surface area contributed by atoms with Gasteiger partial charge < -0.3 is 10.4 Å². The van der Waals surface area contributed by atoms with E-state index in [2.05, 4.69) is 25.4 Å². The van der Waals surface area contributed by atoms with Gasteiger partial charge in [0.2, 0.25) is 11.2 Å². The van der Waals surface area contributed by atoms with Crippen molar-refractivity contribution in [1.82, 2.24) is 24.7 Å². The van der Waals surface area contributed by atoms with Crippen molar-refractivity contribution in [3.63, 3.8) is 0 Å². The Morgan fingerprint density at radius 1 is 1.42 bits per heavy atom. The van der Waals surface area contributed by atoms with Gasteiger partial charge in [0.1, 0.15) is 0 Å². The molecule has 0 saturated heterocycles. The Bertz CT molecular complexity index is 556. The third-order valence-corrected chi connectivity index (χ3v) is 3.11. The summed E-state index contributed by atoms with van der Waals surface area (Å²) in [6, 6.07) is 1.77. The van der Waals surface area contributed by atoms with Gasteiger partial charge >= 0.3 is 0 Å². The Morgan fingerprint density at radius 2 is 2.26 bits per heavy atom. The lowest BCUT2D eigenvalue weighted by Gasteiger charge is -2.11. The highest BCUT2D eigenvalue weighted by Crippen LogP contribution is 2.32. The molecule has 0 aromatic carbocycles. The third-order valence-electron chi connectivity index (χ3n) is 2.94. The van der Waals surface area contributed by atoms with Crippen LogP contribution in [-0.2, 0) is 0 Å². The SMILES string of the molecule is OC(CNc1nc(Cl)nc(-n2cccn2)n1)C1CC1. The van der Waals surface area contributed by atoms with Crippen molar-refractivity contribution >= 4 is 17.5 Å². The van der Waals surface area contributed by atoms with Gasteiger partial charge in [0, 0.05) is 18.9 Å². The summed E-state index contributed by atoms with van der Waals surface area (Å²) in [5.74, 6) is 1.08. The van der Waals surface area contributed by atoms with Crippen molar-refractivity contribution in [1.29, 1.82) is 0 Å². The van der Waals surface area contributed by atoms with Gasteiger partial charge in [-0.25, -0.2) is 4.68 Å². The lowest BCUT2D eigenvalue weighted by atomic mass is 10.2. The van der Waals surface area contributed by atoms with Gasteiger partial charge in [-0.15, -0.1) is 0 Å². The monoisotopic (exact) mass is 280 g/mol. The van der Waals surface area contributed by atoms with Gasteiger partial charge in [0.15, 0.2) is 0 Å². The summed E-state index contributed by atoms with van der Waals surface area (Å²) in [5.41, 5.74) is 0. The van der Waals surface area contributed by atoms with Crippen LogP contribution in [0.4, 0.5) is 5.95 Å². The first kappa shape index (κ1) is 12.3. The Balaban J connectivity index is 1.74. The van der Waals surface area contributed by atoms with Crippen molar-refractivity contribution in [3.05, 3.63) is 23.7 Å². The molecule has 8 heteroatoms. The second-order valence-electron chi connectivity index (χ2n) is 4.46. The molecule has 1 aliphatic rings. The maximum Gasteiger partial charge on any atom is 0.256 e. The number of aliphatic hydroxyl groups excluding tert-OH is 1. The molecule has 7 nitrogen and oxygen atoms in total. The summed E-state index contributed by atoms with van der Waals surface area (Å²) in [4.78, 5) is 12.2. The number of nitrogens with one attached hydrogen (secondary N) is 1. The van der Waals surface area contributed by atoms with E-state index in [0.29, 0.717) is 24.4 Å². The predicted octanol–water partition coefficient (Wildman–Crippen LogP) is 0.893. The van der Waals surface area contributed by atoms with E-state index in [1.807, 2.05) is 0 Å². The fourth-order valence-electron chi connectivity index (χ4n) is 1.75. The van der Waals surface area contributed by atoms with Crippen molar-refractivity contribution in [2.75, 3.05) is 11.9 Å². The smallest absolute Gasteiger partial charge is 0.256 e. The van der Waals surface area contributed by atoms with E-state index in [-0.39, 0.29) is 11.4 Å². The molecule has 2 heterocycles. The topological polar surface area (TPSA) is 88.8 Å². The number of hydrogen-bond donors (Lipinski definition) is 2. The molecule has 0 spiro atoms. The number of halogens is 1. The quantitative estimate of drug-likeness (QED) is 0.846. The molecular formula is C11H13ClN6O. The fraction of sp³-hybridized carbons (Fsp3) is 0.455. The van der Waals surface area contributed by atoms with Gasteiger partial charge in [-0.2, -0.15) is 20.1 Å². The minimum atomic E-state index is -0.372. The van der Waals surface area contributed by atoms with Crippen molar-refractivity contribution in [2.45, 2.75) is 18.9 Å². The normalized spacial score (nSPS) is 16.3. The lowest BCUT2D eigenvalue weighted by Crippen LogP contribution is -2.22. The highest BCUT2D eigenvalue weighted by molar-refractivity contribution is 6.28. The van der Waals surface area contributed by atoms with Crippen molar-refractivity contribution in [2.24, 2.45) is 5.92 Å². The van der Waals surface area contributed by atoms with Crippen LogP contribution >= 0.6 is 11.6 Å². The Labute approximate surface area is 114 Å². The fourth-order valence-corrected chi connectivity index (χ4v) is 1.91. The molecular weight excluding hydrogens is 268 g/mol. The second-order valence-corrected chi connectivity index (χ2v) is 4.80. The molecule has 1 unspecified atom stereocenters. The predicted molar refractivity (Wildman–Crippen MR) is 69.2 cm³/mol. The maximum absolute atomic E-state index is 9.79. The summed E-state index contributed by atoms with van der Waals surface area (Å²) in [6.07, 6.45) is 5.14. The number of aromatic nitrogens is 5. The molecule has 0 aliphatic heterocycles. The van der Waals surface area contributed by atoms with Crippen LogP contribution in [0, 0.1) is 5.92 Å². The second kappa shape index (κ2) is 5.10. The third kappa shape index (κ3) is 2.99. The lowest BCUT2D eigenvalue weighted by molar-refractivity contribution is 0.164. The van der Waals surface area contributed by atoms with E-state index >= 15 is 0 Å². The van der Waals surface area contributed by atoms with Crippen LogP contribution in [-0.4, -0.2) is 42.5 Å².